The number of piperazine rings is 1. The maximum Gasteiger partial charge on any atom is 0.168 e. The number of hydrogen-bond donors (Lipinski definition) is 0. The minimum Gasteiger partial charge on any atom is -0.298 e. The van der Waals surface area contributed by atoms with Crippen molar-refractivity contribution in [3.63, 3.8) is 0 Å². The quantitative estimate of drug-likeness (QED) is 0.727. The van der Waals surface area contributed by atoms with Gasteiger partial charge in [-0.1, -0.05) is 45.4 Å². The van der Waals surface area contributed by atoms with Gasteiger partial charge in [0.1, 0.15) is 0 Å². The fourth-order valence-electron chi connectivity index (χ4n) is 5.44. The van der Waals surface area contributed by atoms with Gasteiger partial charge in [0.15, 0.2) is 5.82 Å². The monoisotopic (exact) mass is 396 g/mol. The minimum atomic E-state index is 0. The molecule has 0 bridgehead atoms. The highest BCUT2D eigenvalue weighted by atomic mass is 35.5. The number of aromatic nitrogens is 4. The molecule has 2 aliphatic carbocycles. The number of halogens is 1. The van der Waals surface area contributed by atoms with Gasteiger partial charge in [-0.25, -0.2) is 4.68 Å². The minimum absolute atomic E-state index is 0. The van der Waals surface area contributed by atoms with Crippen LogP contribution < -0.4 is 0 Å². The summed E-state index contributed by atoms with van der Waals surface area (Å²) in [6, 6.07) is 1.77. The van der Waals surface area contributed by atoms with E-state index in [1.54, 1.807) is 0 Å². The van der Waals surface area contributed by atoms with E-state index >= 15 is 0 Å². The van der Waals surface area contributed by atoms with Crippen LogP contribution in [0.4, 0.5) is 0 Å². The van der Waals surface area contributed by atoms with Crippen molar-refractivity contribution in [2.75, 3.05) is 26.2 Å². The van der Waals surface area contributed by atoms with Crippen LogP contribution in [0.5, 0.6) is 0 Å². The Kier molecular flexibility index (Phi) is 7.91. The molecule has 1 aromatic heterocycles. The summed E-state index contributed by atoms with van der Waals surface area (Å²) in [5.41, 5.74) is 0. The Morgan fingerprint density at radius 1 is 0.889 bits per heavy atom. The normalized spacial score (nSPS) is 24.8. The van der Waals surface area contributed by atoms with Crippen molar-refractivity contribution in [2.24, 2.45) is 0 Å². The molecule has 3 aliphatic rings. The molecule has 27 heavy (non-hydrogen) atoms. The lowest BCUT2D eigenvalue weighted by molar-refractivity contribution is 0.0615. The second kappa shape index (κ2) is 10.2. The van der Waals surface area contributed by atoms with Gasteiger partial charge in [-0.3, -0.25) is 9.80 Å². The van der Waals surface area contributed by atoms with Crippen molar-refractivity contribution >= 4 is 12.4 Å². The first-order valence-corrected chi connectivity index (χ1v) is 11.1. The maximum atomic E-state index is 4.53. The molecule has 1 saturated heterocycles. The highest BCUT2D eigenvalue weighted by Crippen LogP contribution is 2.33. The van der Waals surface area contributed by atoms with Gasteiger partial charge in [0.05, 0.1) is 12.1 Å². The lowest BCUT2D eigenvalue weighted by Crippen LogP contribution is -2.50. The molecule has 0 radical (unpaired) electrons. The molecule has 0 spiro atoms. The van der Waals surface area contributed by atoms with Crippen LogP contribution in [0.3, 0.4) is 0 Å². The summed E-state index contributed by atoms with van der Waals surface area (Å²) in [5.74, 6) is 1.13. The maximum absolute atomic E-state index is 4.53. The SMILES string of the molecule is CCCC(c1nnnn1C1CCCCC1)N1CCN(C2CCCC2)CC1.Cl. The van der Waals surface area contributed by atoms with Gasteiger partial charge in [0.25, 0.3) is 0 Å². The van der Waals surface area contributed by atoms with E-state index in [1.807, 2.05) is 0 Å². The zero-order valence-electron chi connectivity index (χ0n) is 16.9. The van der Waals surface area contributed by atoms with Gasteiger partial charge in [-0.2, -0.15) is 0 Å². The molecule has 6 nitrogen and oxygen atoms in total. The van der Waals surface area contributed by atoms with Crippen LogP contribution in [0.1, 0.15) is 95.5 Å². The summed E-state index contributed by atoms with van der Waals surface area (Å²) in [7, 11) is 0. The van der Waals surface area contributed by atoms with Gasteiger partial charge >= 0.3 is 0 Å². The highest BCUT2D eigenvalue weighted by molar-refractivity contribution is 5.85. The largest absolute Gasteiger partial charge is 0.298 e. The van der Waals surface area contributed by atoms with Gasteiger partial charge in [-0.05, 0) is 42.5 Å². The summed E-state index contributed by atoms with van der Waals surface area (Å²) < 4.78 is 2.20. The summed E-state index contributed by atoms with van der Waals surface area (Å²) in [5, 5.41) is 13.1. The zero-order valence-corrected chi connectivity index (χ0v) is 17.7. The number of rotatable bonds is 6. The molecule has 4 rings (SSSR count). The van der Waals surface area contributed by atoms with Crippen molar-refractivity contribution in [3.05, 3.63) is 5.82 Å². The van der Waals surface area contributed by atoms with Crippen LogP contribution in [0.2, 0.25) is 0 Å². The molecular formula is C20H37ClN6. The number of tetrazole rings is 1. The van der Waals surface area contributed by atoms with Crippen LogP contribution >= 0.6 is 12.4 Å². The van der Waals surface area contributed by atoms with E-state index in [-0.39, 0.29) is 12.4 Å². The van der Waals surface area contributed by atoms with E-state index in [4.69, 9.17) is 0 Å². The molecule has 0 amide bonds. The molecular weight excluding hydrogens is 360 g/mol. The van der Waals surface area contributed by atoms with Crippen molar-refractivity contribution in [1.29, 1.82) is 0 Å². The molecule has 0 aromatic carbocycles. The summed E-state index contributed by atoms with van der Waals surface area (Å²) in [4.78, 5) is 5.41. The Labute approximate surface area is 170 Å². The second-order valence-corrected chi connectivity index (χ2v) is 8.59. The molecule has 154 valence electrons. The first-order chi connectivity index (χ1) is 12.9. The Morgan fingerprint density at radius 3 is 2.19 bits per heavy atom. The Morgan fingerprint density at radius 2 is 1.52 bits per heavy atom. The Balaban J connectivity index is 0.00000210. The molecule has 3 fully saturated rings. The average molecular weight is 397 g/mol. The molecule has 0 N–H and O–H groups in total. The lowest BCUT2D eigenvalue weighted by atomic mass is 9.95. The molecule has 2 saturated carbocycles. The highest BCUT2D eigenvalue weighted by Gasteiger charge is 2.32. The molecule has 1 aromatic rings. The average Bonchev–Trinajstić information content (AvgIpc) is 3.39. The van der Waals surface area contributed by atoms with E-state index in [1.165, 1.54) is 90.4 Å². The standard InChI is InChI=1S/C20H36N6.ClH/c1-2-8-19(20-21-22-23-26(20)18-11-4-3-5-12-18)25-15-13-24(14-16-25)17-9-6-7-10-17;/h17-19H,2-16H2,1H3;1H. The van der Waals surface area contributed by atoms with Crippen molar-refractivity contribution in [1.82, 2.24) is 30.0 Å². The van der Waals surface area contributed by atoms with Gasteiger partial charge in [-0.15, -0.1) is 17.5 Å². The molecule has 2 heterocycles. The van der Waals surface area contributed by atoms with Crippen LogP contribution in [0, 0.1) is 0 Å². The van der Waals surface area contributed by atoms with Crippen LogP contribution in [-0.2, 0) is 0 Å². The van der Waals surface area contributed by atoms with E-state index in [0.29, 0.717) is 12.1 Å². The first kappa shape index (κ1) is 21.0. The van der Waals surface area contributed by atoms with Gasteiger partial charge in [0, 0.05) is 32.2 Å². The van der Waals surface area contributed by atoms with Gasteiger partial charge in [0.2, 0.25) is 0 Å². The van der Waals surface area contributed by atoms with Crippen LogP contribution in [0.25, 0.3) is 0 Å². The van der Waals surface area contributed by atoms with E-state index in [2.05, 4.69) is 36.9 Å². The molecule has 1 atom stereocenters. The predicted molar refractivity (Wildman–Crippen MR) is 110 cm³/mol. The van der Waals surface area contributed by atoms with Gasteiger partial charge < -0.3 is 0 Å². The van der Waals surface area contributed by atoms with Crippen LogP contribution in [-0.4, -0.2) is 62.2 Å². The zero-order chi connectivity index (χ0) is 17.8. The lowest BCUT2D eigenvalue weighted by Gasteiger charge is -2.41. The first-order valence-electron chi connectivity index (χ1n) is 11.1. The van der Waals surface area contributed by atoms with E-state index in [9.17, 15) is 0 Å². The van der Waals surface area contributed by atoms with Crippen molar-refractivity contribution in [2.45, 2.75) is 95.7 Å². The smallest absolute Gasteiger partial charge is 0.168 e. The number of hydrogen-bond acceptors (Lipinski definition) is 5. The fraction of sp³-hybridized carbons (Fsp3) is 0.950. The van der Waals surface area contributed by atoms with E-state index in [0.717, 1.165) is 18.3 Å². The Hall–Kier alpha value is -0.720. The molecule has 7 heteroatoms. The summed E-state index contributed by atoms with van der Waals surface area (Å²) >= 11 is 0. The third-order valence-electron chi connectivity index (χ3n) is 6.93. The summed E-state index contributed by atoms with van der Waals surface area (Å²) in [6.45, 7) is 7.06. The third-order valence-corrected chi connectivity index (χ3v) is 6.93. The van der Waals surface area contributed by atoms with E-state index < -0.39 is 0 Å². The van der Waals surface area contributed by atoms with Crippen molar-refractivity contribution < 1.29 is 0 Å². The third kappa shape index (κ3) is 4.83. The van der Waals surface area contributed by atoms with Crippen molar-refractivity contribution in [3.8, 4) is 0 Å². The number of nitrogens with zero attached hydrogens (tertiary/aromatic N) is 6. The predicted octanol–water partition coefficient (Wildman–Crippen LogP) is 4.00. The Bertz CT molecular complexity index is 544. The molecule has 1 aliphatic heterocycles. The van der Waals surface area contributed by atoms with Crippen LogP contribution in [0.15, 0.2) is 0 Å². The topological polar surface area (TPSA) is 50.1 Å². The fourth-order valence-corrected chi connectivity index (χ4v) is 5.44. The second-order valence-electron chi connectivity index (χ2n) is 8.59. The molecule has 1 unspecified atom stereocenters. The summed E-state index contributed by atoms with van der Waals surface area (Å²) in [6.07, 6.45) is 14.5.